The van der Waals surface area contributed by atoms with Crippen LogP contribution in [0.3, 0.4) is 0 Å². The lowest BCUT2D eigenvalue weighted by molar-refractivity contribution is 0.0696. The highest BCUT2D eigenvalue weighted by atomic mass is 35.5. The summed E-state index contributed by atoms with van der Waals surface area (Å²) in [6.07, 6.45) is 4.25. The number of rotatable bonds is 3. The third kappa shape index (κ3) is 4.45. The van der Waals surface area contributed by atoms with Crippen LogP contribution in [0.25, 0.3) is 0 Å². The zero-order chi connectivity index (χ0) is 14.5. The van der Waals surface area contributed by atoms with E-state index in [1.165, 1.54) is 18.4 Å². The molecule has 0 saturated carbocycles. The van der Waals surface area contributed by atoms with Crippen LogP contribution >= 0.6 is 12.4 Å². The third-order valence-electron chi connectivity index (χ3n) is 4.47. The highest BCUT2D eigenvalue weighted by Crippen LogP contribution is 2.24. The van der Waals surface area contributed by atoms with Gasteiger partial charge in [0.05, 0.1) is 0 Å². The Balaban J connectivity index is 0.00000176. The van der Waals surface area contributed by atoms with Gasteiger partial charge in [-0.2, -0.15) is 0 Å². The van der Waals surface area contributed by atoms with Gasteiger partial charge in [-0.15, -0.1) is 12.4 Å². The van der Waals surface area contributed by atoms with E-state index >= 15 is 0 Å². The monoisotopic (exact) mass is 324 g/mol. The molecule has 1 aromatic carbocycles. The zero-order valence-electron chi connectivity index (χ0n) is 12.8. The maximum atomic E-state index is 12.4. The van der Waals surface area contributed by atoms with E-state index in [1.807, 2.05) is 12.1 Å². The normalized spacial score (nSPS) is 22.6. The molecule has 1 aromatic rings. The Morgan fingerprint density at radius 1 is 1.23 bits per heavy atom. The molecule has 2 heterocycles. The second kappa shape index (κ2) is 8.51. The molecule has 3 rings (SSSR count). The first kappa shape index (κ1) is 17.3. The van der Waals surface area contributed by atoms with Crippen molar-refractivity contribution in [1.29, 1.82) is 0 Å². The fourth-order valence-corrected chi connectivity index (χ4v) is 3.18. The summed E-state index contributed by atoms with van der Waals surface area (Å²) in [5.41, 5.74) is 2.06. The molecule has 0 aliphatic carbocycles. The van der Waals surface area contributed by atoms with Gasteiger partial charge in [0.2, 0.25) is 0 Å². The van der Waals surface area contributed by atoms with Crippen LogP contribution in [-0.4, -0.2) is 38.3 Å². The molecular weight excluding hydrogens is 300 g/mol. The molecule has 122 valence electrons. The van der Waals surface area contributed by atoms with Gasteiger partial charge in [0.15, 0.2) is 0 Å². The number of hydrogen-bond donors (Lipinski definition) is 2. The van der Waals surface area contributed by atoms with E-state index in [0.29, 0.717) is 5.92 Å². The first-order valence-electron chi connectivity index (χ1n) is 8.02. The Hall–Kier alpha value is -1.10. The molecule has 2 fully saturated rings. The Morgan fingerprint density at radius 3 is 2.77 bits per heavy atom. The maximum absolute atomic E-state index is 12.4. The fourth-order valence-electron chi connectivity index (χ4n) is 3.18. The second-order valence-corrected chi connectivity index (χ2v) is 6.03. The van der Waals surface area contributed by atoms with E-state index in [0.717, 1.165) is 44.7 Å². The van der Waals surface area contributed by atoms with Crippen LogP contribution in [0.2, 0.25) is 0 Å². The predicted octanol–water partition coefficient (Wildman–Crippen LogP) is 2.48. The van der Waals surface area contributed by atoms with Gasteiger partial charge < -0.3 is 15.4 Å². The summed E-state index contributed by atoms with van der Waals surface area (Å²) in [7, 11) is 0. The van der Waals surface area contributed by atoms with Gasteiger partial charge in [0.1, 0.15) is 0 Å². The Kier molecular flexibility index (Phi) is 6.68. The number of piperidine rings is 1. The van der Waals surface area contributed by atoms with Gasteiger partial charge in [-0.25, -0.2) is 0 Å². The van der Waals surface area contributed by atoms with Gasteiger partial charge in [-0.05, 0) is 55.8 Å². The van der Waals surface area contributed by atoms with Crippen molar-refractivity contribution in [3.8, 4) is 0 Å². The van der Waals surface area contributed by atoms with Crippen molar-refractivity contribution in [2.75, 3.05) is 26.3 Å². The topological polar surface area (TPSA) is 50.4 Å². The van der Waals surface area contributed by atoms with Gasteiger partial charge in [-0.1, -0.05) is 12.1 Å². The first-order valence-corrected chi connectivity index (χ1v) is 8.02. The molecule has 2 aliphatic heterocycles. The number of carbonyl (C=O) groups excluding carboxylic acids is 1. The van der Waals surface area contributed by atoms with E-state index in [-0.39, 0.29) is 24.4 Å². The van der Waals surface area contributed by atoms with Crippen molar-refractivity contribution in [1.82, 2.24) is 10.6 Å². The number of nitrogens with one attached hydrogen (secondary N) is 2. The van der Waals surface area contributed by atoms with Crippen molar-refractivity contribution in [3.05, 3.63) is 35.4 Å². The highest BCUT2D eigenvalue weighted by Gasteiger charge is 2.19. The summed E-state index contributed by atoms with van der Waals surface area (Å²) in [6.45, 7) is 3.63. The minimum atomic E-state index is 0. The predicted molar refractivity (Wildman–Crippen MR) is 89.8 cm³/mol. The third-order valence-corrected chi connectivity index (χ3v) is 4.47. The van der Waals surface area contributed by atoms with Crippen molar-refractivity contribution in [2.45, 2.75) is 37.6 Å². The SMILES string of the molecule is Cl.O=C(NC1CCOCC1)c1cccc(C2CCCNC2)c1. The summed E-state index contributed by atoms with van der Waals surface area (Å²) in [6, 6.07) is 8.37. The van der Waals surface area contributed by atoms with Crippen molar-refractivity contribution < 1.29 is 9.53 Å². The van der Waals surface area contributed by atoms with Gasteiger partial charge in [0, 0.05) is 31.4 Å². The van der Waals surface area contributed by atoms with E-state index in [2.05, 4.69) is 22.8 Å². The molecule has 2 saturated heterocycles. The highest BCUT2D eigenvalue weighted by molar-refractivity contribution is 5.94. The average Bonchev–Trinajstić information content (AvgIpc) is 2.57. The maximum Gasteiger partial charge on any atom is 0.251 e. The largest absolute Gasteiger partial charge is 0.381 e. The molecule has 1 unspecified atom stereocenters. The van der Waals surface area contributed by atoms with Gasteiger partial charge >= 0.3 is 0 Å². The van der Waals surface area contributed by atoms with Gasteiger partial charge in [-0.3, -0.25) is 4.79 Å². The quantitative estimate of drug-likeness (QED) is 0.898. The minimum Gasteiger partial charge on any atom is -0.381 e. The summed E-state index contributed by atoms with van der Waals surface area (Å²) in [5.74, 6) is 0.585. The smallest absolute Gasteiger partial charge is 0.251 e. The van der Waals surface area contributed by atoms with E-state index < -0.39 is 0 Å². The molecule has 2 aliphatic rings. The minimum absolute atomic E-state index is 0. The summed E-state index contributed by atoms with van der Waals surface area (Å²) < 4.78 is 5.33. The molecule has 0 bridgehead atoms. The first-order chi connectivity index (χ1) is 10.3. The van der Waals surface area contributed by atoms with Crippen LogP contribution in [0.4, 0.5) is 0 Å². The van der Waals surface area contributed by atoms with Gasteiger partial charge in [0.25, 0.3) is 5.91 Å². The molecule has 22 heavy (non-hydrogen) atoms. The van der Waals surface area contributed by atoms with Crippen molar-refractivity contribution in [2.24, 2.45) is 0 Å². The number of benzene rings is 1. The molecule has 1 atom stereocenters. The second-order valence-electron chi connectivity index (χ2n) is 6.03. The molecule has 4 nitrogen and oxygen atoms in total. The Labute approximate surface area is 138 Å². The molecular formula is C17H25ClN2O2. The average molecular weight is 325 g/mol. The van der Waals surface area contributed by atoms with Crippen molar-refractivity contribution in [3.63, 3.8) is 0 Å². The number of halogens is 1. The number of ether oxygens (including phenoxy) is 1. The molecule has 0 aromatic heterocycles. The molecule has 1 amide bonds. The van der Waals surface area contributed by atoms with Crippen LogP contribution in [-0.2, 0) is 4.74 Å². The Bertz CT molecular complexity index is 483. The number of carbonyl (C=O) groups is 1. The number of amides is 1. The van der Waals surface area contributed by atoms with E-state index in [4.69, 9.17) is 4.74 Å². The summed E-state index contributed by atoms with van der Waals surface area (Å²) in [5, 5.41) is 6.56. The standard InChI is InChI=1S/C17H24N2O2.ClH/c20-17(19-16-6-9-21-10-7-16)14-4-1-3-13(11-14)15-5-2-8-18-12-15;/h1,3-4,11,15-16,18H,2,5-10,12H2,(H,19,20);1H. The van der Waals surface area contributed by atoms with Crippen LogP contribution in [0.1, 0.15) is 47.5 Å². The van der Waals surface area contributed by atoms with Crippen LogP contribution < -0.4 is 10.6 Å². The summed E-state index contributed by atoms with van der Waals surface area (Å²) in [4.78, 5) is 12.4. The lowest BCUT2D eigenvalue weighted by atomic mass is 9.90. The molecule has 2 N–H and O–H groups in total. The zero-order valence-corrected chi connectivity index (χ0v) is 13.7. The lowest BCUT2D eigenvalue weighted by Crippen LogP contribution is -2.39. The molecule has 0 radical (unpaired) electrons. The van der Waals surface area contributed by atoms with Crippen molar-refractivity contribution >= 4 is 18.3 Å². The molecule has 5 heteroatoms. The lowest BCUT2D eigenvalue weighted by Gasteiger charge is -2.24. The molecule has 0 spiro atoms. The van der Waals surface area contributed by atoms with E-state index in [9.17, 15) is 4.79 Å². The van der Waals surface area contributed by atoms with Crippen LogP contribution in [0, 0.1) is 0 Å². The van der Waals surface area contributed by atoms with Crippen LogP contribution in [0.5, 0.6) is 0 Å². The fraction of sp³-hybridized carbons (Fsp3) is 0.588. The van der Waals surface area contributed by atoms with Crippen LogP contribution in [0.15, 0.2) is 24.3 Å². The number of hydrogen-bond acceptors (Lipinski definition) is 3. The summed E-state index contributed by atoms with van der Waals surface area (Å²) >= 11 is 0. The Morgan fingerprint density at radius 2 is 2.05 bits per heavy atom. The van der Waals surface area contributed by atoms with E-state index in [1.54, 1.807) is 0 Å².